The average molecular weight is 262 g/mol. The predicted molar refractivity (Wildman–Crippen MR) is 78.8 cm³/mol. The largest absolute Gasteiger partial charge is 0.392 e. The highest BCUT2D eigenvalue weighted by molar-refractivity contribution is 5.37. The molecule has 1 aliphatic carbocycles. The van der Waals surface area contributed by atoms with Crippen molar-refractivity contribution < 1.29 is 5.11 Å². The van der Waals surface area contributed by atoms with Gasteiger partial charge in [-0.15, -0.1) is 0 Å². The fourth-order valence-corrected chi connectivity index (χ4v) is 2.92. The first-order valence-corrected chi connectivity index (χ1v) is 7.13. The predicted octanol–water partition coefficient (Wildman–Crippen LogP) is 2.52. The van der Waals surface area contributed by atoms with Gasteiger partial charge in [0, 0.05) is 18.6 Å². The Labute approximate surface area is 116 Å². The summed E-state index contributed by atoms with van der Waals surface area (Å²) < 4.78 is 0. The number of hydrogen-bond acceptors (Lipinski definition) is 3. The Kier molecular flexibility index (Phi) is 4.29. The van der Waals surface area contributed by atoms with Gasteiger partial charge in [0.05, 0.1) is 6.10 Å². The molecule has 0 saturated carbocycles. The van der Waals surface area contributed by atoms with E-state index in [0.717, 1.165) is 12.8 Å². The molecule has 3 atom stereocenters. The maximum Gasteiger partial charge on any atom is 0.0669 e. The van der Waals surface area contributed by atoms with E-state index >= 15 is 0 Å². The lowest BCUT2D eigenvalue weighted by Gasteiger charge is -2.24. The van der Waals surface area contributed by atoms with E-state index in [2.05, 4.69) is 44.3 Å². The quantitative estimate of drug-likeness (QED) is 0.781. The zero-order chi connectivity index (χ0) is 14.0. The number of benzene rings is 1. The van der Waals surface area contributed by atoms with Crippen molar-refractivity contribution in [1.29, 1.82) is 0 Å². The first-order chi connectivity index (χ1) is 8.87. The molecule has 3 heteroatoms. The lowest BCUT2D eigenvalue weighted by molar-refractivity contribution is 0.116. The Morgan fingerprint density at radius 1 is 1.32 bits per heavy atom. The van der Waals surface area contributed by atoms with Gasteiger partial charge in [-0.05, 0) is 29.4 Å². The van der Waals surface area contributed by atoms with Gasteiger partial charge in [0.2, 0.25) is 0 Å². The van der Waals surface area contributed by atoms with Crippen molar-refractivity contribution in [3.05, 3.63) is 35.4 Å². The van der Waals surface area contributed by atoms with Gasteiger partial charge in [-0.3, -0.25) is 0 Å². The maximum absolute atomic E-state index is 10.1. The third-order valence-electron chi connectivity index (χ3n) is 3.71. The van der Waals surface area contributed by atoms with Gasteiger partial charge in [0.15, 0.2) is 0 Å². The molecule has 0 spiro atoms. The van der Waals surface area contributed by atoms with E-state index in [0.29, 0.717) is 6.54 Å². The van der Waals surface area contributed by atoms with Crippen LogP contribution in [0.15, 0.2) is 24.3 Å². The van der Waals surface area contributed by atoms with Crippen LogP contribution in [0, 0.1) is 5.41 Å². The fraction of sp³-hybridized carbons (Fsp3) is 0.625. The standard InChI is InChI=1S/C16H26N2O/c1-16(2,3)9-11(19)10-18-15-8-14(17)12-6-4-5-7-13(12)15/h4-7,11,14-15,18-19H,8-10,17H2,1-3H3. The molecule has 0 radical (unpaired) electrons. The molecule has 0 saturated heterocycles. The molecule has 0 bridgehead atoms. The third kappa shape index (κ3) is 3.78. The Morgan fingerprint density at radius 2 is 1.95 bits per heavy atom. The third-order valence-corrected chi connectivity index (χ3v) is 3.71. The minimum absolute atomic E-state index is 0.119. The lowest BCUT2D eigenvalue weighted by Crippen LogP contribution is -2.32. The average Bonchev–Trinajstić information content (AvgIpc) is 2.62. The van der Waals surface area contributed by atoms with Crippen LogP contribution in [0.25, 0.3) is 0 Å². The fourth-order valence-electron chi connectivity index (χ4n) is 2.92. The Morgan fingerprint density at radius 3 is 2.58 bits per heavy atom. The molecular formula is C16H26N2O. The Hall–Kier alpha value is -0.900. The van der Waals surface area contributed by atoms with E-state index in [9.17, 15) is 5.11 Å². The van der Waals surface area contributed by atoms with Crippen LogP contribution in [0.3, 0.4) is 0 Å². The summed E-state index contributed by atoms with van der Waals surface area (Å²) in [5.74, 6) is 0. The van der Waals surface area contributed by atoms with Crippen LogP contribution in [0.1, 0.15) is 56.8 Å². The van der Waals surface area contributed by atoms with Crippen molar-refractivity contribution >= 4 is 0 Å². The summed E-state index contributed by atoms with van der Waals surface area (Å²) in [6.45, 7) is 7.08. The second-order valence-electron chi connectivity index (χ2n) is 6.85. The number of nitrogens with two attached hydrogens (primary N) is 1. The SMILES string of the molecule is CC(C)(C)CC(O)CNC1CC(N)c2ccccc21. The second kappa shape index (κ2) is 5.61. The van der Waals surface area contributed by atoms with E-state index < -0.39 is 0 Å². The second-order valence-corrected chi connectivity index (χ2v) is 6.85. The van der Waals surface area contributed by atoms with Crippen molar-refractivity contribution in [1.82, 2.24) is 5.32 Å². The highest BCUT2D eigenvalue weighted by Crippen LogP contribution is 2.36. The normalized spacial score (nSPS) is 24.3. The molecule has 106 valence electrons. The van der Waals surface area contributed by atoms with Crippen molar-refractivity contribution in [2.24, 2.45) is 11.1 Å². The number of aliphatic hydroxyl groups is 1. The molecule has 4 N–H and O–H groups in total. The summed E-state index contributed by atoms with van der Waals surface area (Å²) in [4.78, 5) is 0. The molecule has 0 aliphatic heterocycles. The lowest BCUT2D eigenvalue weighted by atomic mass is 9.89. The van der Waals surface area contributed by atoms with Gasteiger partial charge in [-0.2, -0.15) is 0 Å². The topological polar surface area (TPSA) is 58.3 Å². The Balaban J connectivity index is 1.92. The van der Waals surface area contributed by atoms with Crippen molar-refractivity contribution in [3.63, 3.8) is 0 Å². The zero-order valence-corrected chi connectivity index (χ0v) is 12.2. The number of nitrogens with one attached hydrogen (secondary N) is 1. The summed E-state index contributed by atoms with van der Waals surface area (Å²) in [7, 11) is 0. The highest BCUT2D eigenvalue weighted by atomic mass is 16.3. The molecule has 19 heavy (non-hydrogen) atoms. The summed E-state index contributed by atoms with van der Waals surface area (Å²) in [5.41, 5.74) is 8.83. The highest BCUT2D eigenvalue weighted by Gasteiger charge is 2.28. The van der Waals surface area contributed by atoms with Gasteiger partial charge in [0.1, 0.15) is 0 Å². The van der Waals surface area contributed by atoms with E-state index in [1.54, 1.807) is 0 Å². The summed E-state index contributed by atoms with van der Waals surface area (Å²) in [6.07, 6.45) is 1.42. The van der Waals surface area contributed by atoms with Gasteiger partial charge in [-0.1, -0.05) is 45.0 Å². The van der Waals surface area contributed by atoms with Crippen LogP contribution in [0.2, 0.25) is 0 Å². The van der Waals surface area contributed by atoms with Crippen molar-refractivity contribution in [3.8, 4) is 0 Å². The van der Waals surface area contributed by atoms with Gasteiger partial charge < -0.3 is 16.2 Å². The molecule has 0 aromatic heterocycles. The van der Waals surface area contributed by atoms with Crippen molar-refractivity contribution in [2.75, 3.05) is 6.54 Å². The van der Waals surface area contributed by atoms with E-state index in [-0.39, 0.29) is 23.6 Å². The number of hydrogen-bond donors (Lipinski definition) is 3. The molecule has 3 nitrogen and oxygen atoms in total. The number of rotatable bonds is 4. The molecule has 0 heterocycles. The summed E-state index contributed by atoms with van der Waals surface area (Å²) in [5, 5.41) is 13.5. The summed E-state index contributed by atoms with van der Waals surface area (Å²) >= 11 is 0. The minimum atomic E-state index is -0.302. The van der Waals surface area contributed by atoms with Crippen LogP contribution >= 0.6 is 0 Å². The molecule has 1 aromatic carbocycles. The smallest absolute Gasteiger partial charge is 0.0669 e. The molecule has 0 fully saturated rings. The van der Waals surface area contributed by atoms with Crippen LogP contribution < -0.4 is 11.1 Å². The maximum atomic E-state index is 10.1. The molecule has 1 aromatic rings. The van der Waals surface area contributed by atoms with Crippen LogP contribution in [0.5, 0.6) is 0 Å². The molecule has 1 aliphatic rings. The summed E-state index contributed by atoms with van der Waals surface area (Å²) in [6, 6.07) is 8.73. The zero-order valence-electron chi connectivity index (χ0n) is 12.2. The number of fused-ring (bicyclic) bond motifs is 1. The van der Waals surface area contributed by atoms with Crippen molar-refractivity contribution in [2.45, 2.75) is 51.8 Å². The van der Waals surface area contributed by atoms with E-state index in [1.807, 2.05) is 6.07 Å². The first kappa shape index (κ1) is 14.5. The van der Waals surface area contributed by atoms with Gasteiger partial charge in [-0.25, -0.2) is 0 Å². The molecule has 3 unspecified atom stereocenters. The van der Waals surface area contributed by atoms with Crippen LogP contribution in [-0.4, -0.2) is 17.8 Å². The first-order valence-electron chi connectivity index (χ1n) is 7.13. The molecule has 2 rings (SSSR count). The molecular weight excluding hydrogens is 236 g/mol. The van der Waals surface area contributed by atoms with Gasteiger partial charge >= 0.3 is 0 Å². The monoisotopic (exact) mass is 262 g/mol. The van der Waals surface area contributed by atoms with E-state index in [4.69, 9.17) is 5.73 Å². The molecule has 0 amide bonds. The number of aliphatic hydroxyl groups excluding tert-OH is 1. The van der Waals surface area contributed by atoms with Crippen LogP contribution in [-0.2, 0) is 0 Å². The van der Waals surface area contributed by atoms with E-state index in [1.165, 1.54) is 11.1 Å². The minimum Gasteiger partial charge on any atom is -0.392 e. The van der Waals surface area contributed by atoms with Crippen LogP contribution in [0.4, 0.5) is 0 Å². The van der Waals surface area contributed by atoms with Gasteiger partial charge in [0.25, 0.3) is 0 Å². The Bertz CT molecular complexity index is 425.